The van der Waals surface area contributed by atoms with E-state index < -0.39 is 6.09 Å². The molecule has 0 radical (unpaired) electrons. The Balaban J connectivity index is 2.04. The summed E-state index contributed by atoms with van der Waals surface area (Å²) in [4.78, 5) is 22.2. The predicted octanol–water partition coefficient (Wildman–Crippen LogP) is 1.01. The number of piperidine rings is 1. The summed E-state index contributed by atoms with van der Waals surface area (Å²) in [7, 11) is 1.61. The van der Waals surface area contributed by atoms with Crippen LogP contribution < -0.4 is 15.4 Å². The molecule has 1 aromatic carbocycles. The lowest BCUT2D eigenvalue weighted by molar-refractivity contribution is -0.123. The summed E-state index contributed by atoms with van der Waals surface area (Å²) in [5.74, 6) is 0.720. The molecule has 2 rings (SSSR count). The minimum atomic E-state index is -1.09. The van der Waals surface area contributed by atoms with Crippen molar-refractivity contribution < 1.29 is 19.4 Å². The standard InChI is InChI=1S/C14H18N2O4/c1-20-11-4-2-9(3-5-11)6-10-8-15-13(17)7-12(10)16-14(18)19/h2-5,10,12,16H,6-8H2,1H3,(H,15,17)(H,18,19). The first-order valence-corrected chi connectivity index (χ1v) is 6.47. The molecule has 108 valence electrons. The Hall–Kier alpha value is -2.24. The van der Waals surface area contributed by atoms with Gasteiger partial charge < -0.3 is 20.5 Å². The lowest BCUT2D eigenvalue weighted by atomic mass is 9.87. The third-order valence-corrected chi connectivity index (χ3v) is 3.50. The van der Waals surface area contributed by atoms with Crippen LogP contribution in [0.3, 0.4) is 0 Å². The van der Waals surface area contributed by atoms with Crippen LogP contribution >= 0.6 is 0 Å². The molecule has 1 heterocycles. The molecule has 0 aliphatic carbocycles. The van der Waals surface area contributed by atoms with E-state index in [2.05, 4.69) is 10.6 Å². The molecule has 1 saturated heterocycles. The van der Waals surface area contributed by atoms with Gasteiger partial charge in [-0.2, -0.15) is 0 Å². The highest BCUT2D eigenvalue weighted by Gasteiger charge is 2.30. The third-order valence-electron chi connectivity index (χ3n) is 3.50. The Kier molecular flexibility index (Phi) is 4.45. The summed E-state index contributed by atoms with van der Waals surface area (Å²) >= 11 is 0. The summed E-state index contributed by atoms with van der Waals surface area (Å²) in [6.07, 6.45) is -0.202. The van der Waals surface area contributed by atoms with Crippen molar-refractivity contribution in [1.82, 2.24) is 10.6 Å². The van der Waals surface area contributed by atoms with Crippen molar-refractivity contribution in [2.24, 2.45) is 5.92 Å². The van der Waals surface area contributed by atoms with Gasteiger partial charge in [-0.3, -0.25) is 4.79 Å². The molecule has 0 saturated carbocycles. The average Bonchev–Trinajstić information content (AvgIpc) is 2.42. The van der Waals surface area contributed by atoms with E-state index in [0.717, 1.165) is 11.3 Å². The fourth-order valence-electron chi connectivity index (χ4n) is 2.43. The largest absolute Gasteiger partial charge is 0.497 e. The molecule has 6 nitrogen and oxygen atoms in total. The van der Waals surface area contributed by atoms with E-state index >= 15 is 0 Å². The van der Waals surface area contributed by atoms with Crippen LogP contribution in [0.15, 0.2) is 24.3 Å². The van der Waals surface area contributed by atoms with E-state index in [0.29, 0.717) is 13.0 Å². The highest BCUT2D eigenvalue weighted by molar-refractivity contribution is 5.78. The maximum atomic E-state index is 11.4. The average molecular weight is 278 g/mol. The summed E-state index contributed by atoms with van der Waals surface area (Å²) in [5.41, 5.74) is 1.09. The van der Waals surface area contributed by atoms with E-state index in [1.807, 2.05) is 24.3 Å². The summed E-state index contributed by atoms with van der Waals surface area (Å²) in [5, 5.41) is 14.1. The zero-order valence-electron chi connectivity index (χ0n) is 11.3. The molecule has 0 aromatic heterocycles. The van der Waals surface area contributed by atoms with Crippen LogP contribution in [0.2, 0.25) is 0 Å². The van der Waals surface area contributed by atoms with E-state index in [9.17, 15) is 9.59 Å². The second-order valence-corrected chi connectivity index (χ2v) is 4.88. The fraction of sp³-hybridized carbons (Fsp3) is 0.429. The van der Waals surface area contributed by atoms with Crippen LogP contribution in [-0.2, 0) is 11.2 Å². The number of carbonyl (C=O) groups excluding carboxylic acids is 1. The van der Waals surface area contributed by atoms with Gasteiger partial charge in [0.05, 0.1) is 7.11 Å². The van der Waals surface area contributed by atoms with Gasteiger partial charge in [0.2, 0.25) is 5.91 Å². The Labute approximate surface area is 117 Å². The number of methoxy groups -OCH3 is 1. The number of nitrogens with one attached hydrogen (secondary N) is 2. The molecule has 3 N–H and O–H groups in total. The lowest BCUT2D eigenvalue weighted by Gasteiger charge is -2.31. The fourth-order valence-corrected chi connectivity index (χ4v) is 2.43. The molecule has 2 atom stereocenters. The van der Waals surface area contributed by atoms with Crippen molar-refractivity contribution in [2.45, 2.75) is 18.9 Å². The Morgan fingerprint density at radius 3 is 2.75 bits per heavy atom. The number of ether oxygens (including phenoxy) is 1. The van der Waals surface area contributed by atoms with Gasteiger partial charge in [0, 0.05) is 24.9 Å². The van der Waals surface area contributed by atoms with E-state index in [1.165, 1.54) is 0 Å². The molecule has 1 fully saturated rings. The molecule has 0 bridgehead atoms. The number of carboxylic acid groups (broad SMARTS) is 1. The minimum absolute atomic E-state index is 0.0530. The van der Waals surface area contributed by atoms with Crippen LogP contribution in [0.1, 0.15) is 12.0 Å². The molecule has 2 amide bonds. The quantitative estimate of drug-likeness (QED) is 0.767. The van der Waals surface area contributed by atoms with Crippen molar-refractivity contribution >= 4 is 12.0 Å². The third kappa shape index (κ3) is 3.63. The van der Waals surface area contributed by atoms with Gasteiger partial charge in [0.25, 0.3) is 0 Å². The number of hydrogen-bond donors (Lipinski definition) is 3. The molecular formula is C14H18N2O4. The summed E-state index contributed by atoms with van der Waals surface area (Å²) < 4.78 is 5.10. The smallest absolute Gasteiger partial charge is 0.404 e. The van der Waals surface area contributed by atoms with Gasteiger partial charge in [-0.05, 0) is 24.1 Å². The maximum absolute atomic E-state index is 11.4. The number of carbonyl (C=O) groups is 2. The number of rotatable bonds is 4. The minimum Gasteiger partial charge on any atom is -0.497 e. The Bertz CT molecular complexity index is 484. The van der Waals surface area contributed by atoms with Gasteiger partial charge in [0.1, 0.15) is 5.75 Å². The van der Waals surface area contributed by atoms with Crippen molar-refractivity contribution in [3.05, 3.63) is 29.8 Å². The first-order valence-electron chi connectivity index (χ1n) is 6.47. The van der Waals surface area contributed by atoms with Crippen molar-refractivity contribution in [3.8, 4) is 5.75 Å². The van der Waals surface area contributed by atoms with Crippen molar-refractivity contribution in [3.63, 3.8) is 0 Å². The second-order valence-electron chi connectivity index (χ2n) is 4.88. The molecule has 1 aliphatic rings. The molecular weight excluding hydrogens is 260 g/mol. The topological polar surface area (TPSA) is 87.7 Å². The number of amides is 2. The molecule has 2 unspecified atom stereocenters. The Morgan fingerprint density at radius 2 is 2.15 bits per heavy atom. The molecule has 1 aliphatic heterocycles. The maximum Gasteiger partial charge on any atom is 0.404 e. The normalized spacial score (nSPS) is 21.9. The zero-order chi connectivity index (χ0) is 14.5. The second kappa shape index (κ2) is 6.27. The molecule has 20 heavy (non-hydrogen) atoms. The van der Waals surface area contributed by atoms with E-state index in [1.54, 1.807) is 7.11 Å². The predicted molar refractivity (Wildman–Crippen MR) is 72.8 cm³/mol. The summed E-state index contributed by atoms with van der Waals surface area (Å²) in [6, 6.07) is 7.30. The summed E-state index contributed by atoms with van der Waals surface area (Å²) in [6.45, 7) is 0.482. The van der Waals surface area contributed by atoms with Crippen LogP contribution in [0.5, 0.6) is 5.75 Å². The van der Waals surface area contributed by atoms with Gasteiger partial charge in [-0.1, -0.05) is 12.1 Å². The molecule has 0 spiro atoms. The lowest BCUT2D eigenvalue weighted by Crippen LogP contribution is -2.52. The van der Waals surface area contributed by atoms with Gasteiger partial charge >= 0.3 is 6.09 Å². The Morgan fingerprint density at radius 1 is 1.45 bits per heavy atom. The highest BCUT2D eigenvalue weighted by atomic mass is 16.5. The van der Waals surface area contributed by atoms with Crippen LogP contribution in [0.4, 0.5) is 4.79 Å². The van der Waals surface area contributed by atoms with Gasteiger partial charge in [0.15, 0.2) is 0 Å². The monoisotopic (exact) mass is 278 g/mol. The van der Waals surface area contributed by atoms with Crippen LogP contribution in [0.25, 0.3) is 0 Å². The number of hydrogen-bond acceptors (Lipinski definition) is 3. The first-order chi connectivity index (χ1) is 9.58. The zero-order valence-corrected chi connectivity index (χ0v) is 11.3. The molecule has 6 heteroatoms. The number of benzene rings is 1. The highest BCUT2D eigenvalue weighted by Crippen LogP contribution is 2.20. The van der Waals surface area contributed by atoms with Crippen molar-refractivity contribution in [2.75, 3.05) is 13.7 Å². The van der Waals surface area contributed by atoms with Crippen LogP contribution in [0, 0.1) is 5.92 Å². The van der Waals surface area contributed by atoms with Crippen LogP contribution in [-0.4, -0.2) is 36.8 Å². The molecule has 1 aromatic rings. The van der Waals surface area contributed by atoms with E-state index in [-0.39, 0.29) is 24.3 Å². The van der Waals surface area contributed by atoms with Crippen molar-refractivity contribution in [1.29, 1.82) is 0 Å². The SMILES string of the molecule is COc1ccc(CC2CNC(=O)CC2NC(=O)O)cc1. The first kappa shape index (κ1) is 14.2. The van der Waals surface area contributed by atoms with E-state index in [4.69, 9.17) is 9.84 Å². The van der Waals surface area contributed by atoms with Gasteiger partial charge in [-0.25, -0.2) is 4.79 Å². The van der Waals surface area contributed by atoms with Gasteiger partial charge in [-0.15, -0.1) is 0 Å².